The minimum Gasteiger partial charge on any atom is -0.462 e. The van der Waals surface area contributed by atoms with Crippen molar-refractivity contribution in [2.45, 2.75) is 264 Å². The Morgan fingerprint density at radius 2 is 0.606 bits per heavy atom. The number of hydrogen-bond donors (Lipinski definition) is 0. The van der Waals surface area contributed by atoms with Crippen LogP contribution in [0.1, 0.15) is 258 Å². The molecule has 0 aliphatic rings. The minimum absolute atomic E-state index is 0.102. The number of carbonyl (C=O) groups is 3. The highest BCUT2D eigenvalue weighted by Gasteiger charge is 2.19. The molecule has 0 aliphatic carbocycles. The van der Waals surface area contributed by atoms with E-state index in [4.69, 9.17) is 14.2 Å². The lowest BCUT2D eigenvalue weighted by Crippen LogP contribution is -2.30. The first-order valence-electron chi connectivity index (χ1n) is 27.7. The monoisotopic (exact) mass is 919 g/mol. The molecule has 66 heavy (non-hydrogen) atoms. The number of ether oxygens (including phenoxy) is 3. The van der Waals surface area contributed by atoms with Gasteiger partial charge >= 0.3 is 17.9 Å². The van der Waals surface area contributed by atoms with Crippen LogP contribution in [0.3, 0.4) is 0 Å². The third kappa shape index (κ3) is 51.6. The molecule has 0 saturated carbocycles. The number of unbranched alkanes of at least 4 members (excludes halogenated alkanes) is 28. The average molecular weight is 919 g/mol. The third-order valence-corrected chi connectivity index (χ3v) is 11.7. The van der Waals surface area contributed by atoms with E-state index in [1.807, 2.05) is 36.5 Å². The molecule has 0 bridgehead atoms. The number of hydrogen-bond acceptors (Lipinski definition) is 6. The molecule has 1 atom stereocenters. The van der Waals surface area contributed by atoms with Crippen molar-refractivity contribution in [3.63, 3.8) is 0 Å². The third-order valence-electron chi connectivity index (χ3n) is 11.7. The van der Waals surface area contributed by atoms with E-state index in [0.717, 1.165) is 83.5 Å². The lowest BCUT2D eigenvalue weighted by Gasteiger charge is -2.18. The van der Waals surface area contributed by atoms with Crippen LogP contribution in [0.2, 0.25) is 0 Å². The zero-order chi connectivity index (χ0) is 47.9. The molecule has 0 aromatic carbocycles. The van der Waals surface area contributed by atoms with E-state index in [-0.39, 0.29) is 37.5 Å². The maximum absolute atomic E-state index is 12.8. The second kappa shape index (κ2) is 54.2. The summed E-state index contributed by atoms with van der Waals surface area (Å²) in [5.74, 6) is -0.971. The largest absolute Gasteiger partial charge is 0.462 e. The van der Waals surface area contributed by atoms with Gasteiger partial charge in [0.2, 0.25) is 0 Å². The Balaban J connectivity index is 4.45. The van der Waals surface area contributed by atoms with Crippen LogP contribution >= 0.6 is 0 Å². The number of rotatable bonds is 49. The van der Waals surface area contributed by atoms with Crippen LogP contribution in [0.4, 0.5) is 0 Å². The van der Waals surface area contributed by atoms with Gasteiger partial charge in [0.15, 0.2) is 6.10 Å². The summed E-state index contributed by atoms with van der Waals surface area (Å²) in [7, 11) is 0. The van der Waals surface area contributed by atoms with Gasteiger partial charge in [0, 0.05) is 19.3 Å². The predicted octanol–water partition coefficient (Wildman–Crippen LogP) is 18.4. The van der Waals surface area contributed by atoms with Crippen molar-refractivity contribution in [1.82, 2.24) is 0 Å². The summed E-state index contributed by atoms with van der Waals surface area (Å²) in [6.45, 7) is 6.44. The molecule has 1 unspecified atom stereocenters. The molecule has 0 N–H and O–H groups in total. The van der Waals surface area contributed by atoms with E-state index in [0.29, 0.717) is 12.8 Å². The van der Waals surface area contributed by atoms with Crippen molar-refractivity contribution in [2.24, 2.45) is 0 Å². The van der Waals surface area contributed by atoms with E-state index in [1.54, 1.807) is 0 Å². The van der Waals surface area contributed by atoms with Crippen LogP contribution in [-0.4, -0.2) is 37.2 Å². The maximum Gasteiger partial charge on any atom is 0.306 e. The zero-order valence-electron chi connectivity index (χ0n) is 43.2. The van der Waals surface area contributed by atoms with Crippen LogP contribution in [0, 0.1) is 0 Å². The molecule has 0 heterocycles. The molecule has 0 amide bonds. The average Bonchev–Trinajstić information content (AvgIpc) is 3.31. The summed E-state index contributed by atoms with van der Waals surface area (Å²) in [5.41, 5.74) is 0. The van der Waals surface area contributed by atoms with E-state index in [9.17, 15) is 14.4 Å². The fraction of sp³-hybridized carbons (Fsp3) is 0.717. The van der Waals surface area contributed by atoms with Gasteiger partial charge in [0.1, 0.15) is 13.2 Å². The van der Waals surface area contributed by atoms with Gasteiger partial charge in [-0.05, 0) is 89.9 Å². The van der Waals surface area contributed by atoms with Gasteiger partial charge in [-0.2, -0.15) is 0 Å². The minimum atomic E-state index is -0.808. The zero-order valence-corrected chi connectivity index (χ0v) is 43.2. The molecule has 6 nitrogen and oxygen atoms in total. The molecule has 0 aromatic heterocycles. The molecule has 0 rings (SSSR count). The summed E-state index contributed by atoms with van der Waals surface area (Å²) >= 11 is 0. The van der Waals surface area contributed by atoms with Gasteiger partial charge in [-0.25, -0.2) is 0 Å². The van der Waals surface area contributed by atoms with E-state index >= 15 is 0 Å². The van der Waals surface area contributed by atoms with Gasteiger partial charge in [0.25, 0.3) is 0 Å². The molecule has 0 spiro atoms. The number of esters is 3. The lowest BCUT2D eigenvalue weighted by molar-refractivity contribution is -0.167. The Morgan fingerprint density at radius 1 is 0.318 bits per heavy atom. The second-order valence-electron chi connectivity index (χ2n) is 18.2. The first kappa shape index (κ1) is 62.6. The molecule has 0 fully saturated rings. The van der Waals surface area contributed by atoms with Crippen LogP contribution in [0.5, 0.6) is 0 Å². The van der Waals surface area contributed by atoms with Crippen molar-refractivity contribution >= 4 is 17.9 Å². The fourth-order valence-corrected chi connectivity index (χ4v) is 7.56. The smallest absolute Gasteiger partial charge is 0.306 e. The highest BCUT2D eigenvalue weighted by Crippen LogP contribution is 2.14. The van der Waals surface area contributed by atoms with E-state index in [1.165, 1.54) is 135 Å². The first-order valence-corrected chi connectivity index (χ1v) is 27.7. The second-order valence-corrected chi connectivity index (χ2v) is 18.2. The van der Waals surface area contributed by atoms with Crippen molar-refractivity contribution in [3.05, 3.63) is 85.1 Å². The molecule has 6 heteroatoms. The molecule has 0 saturated heterocycles. The Kier molecular flexibility index (Phi) is 51.4. The van der Waals surface area contributed by atoms with Gasteiger partial charge in [-0.1, -0.05) is 234 Å². The van der Waals surface area contributed by atoms with Crippen molar-refractivity contribution in [2.75, 3.05) is 13.2 Å². The summed E-state index contributed by atoms with van der Waals surface area (Å²) < 4.78 is 16.8. The number of carbonyl (C=O) groups excluding carboxylic acids is 3. The predicted molar refractivity (Wildman–Crippen MR) is 284 cm³/mol. The van der Waals surface area contributed by atoms with Gasteiger partial charge < -0.3 is 14.2 Å². The normalized spacial score (nSPS) is 12.7. The molecular formula is C60H102O6. The van der Waals surface area contributed by atoms with E-state index < -0.39 is 6.10 Å². The standard InChI is InChI=1S/C60H102O6/c1-4-7-10-13-16-19-22-25-27-29-30-31-33-35-38-41-44-47-50-53-59(62)65-56-57(55-64-58(61)52-49-46-43-40-37-34-24-21-18-15-12-9-6-3)66-60(63)54-51-48-45-42-39-36-32-28-26-23-20-17-14-11-8-5-2/h9,12,15,18,21,24,28-30,32,34,36-37,39,57H,4-8,10-11,13-14,16-17,19-20,22-23,25-27,31,33,35,38,40-56H2,1-3H3/b12-9+,18-15+,24-21+,30-29+,32-28+,37-34+,39-36+. The Morgan fingerprint density at radius 3 is 1.00 bits per heavy atom. The summed E-state index contributed by atoms with van der Waals surface area (Å²) in [5, 5.41) is 0. The van der Waals surface area contributed by atoms with Gasteiger partial charge in [-0.15, -0.1) is 0 Å². The van der Waals surface area contributed by atoms with Crippen LogP contribution in [0.15, 0.2) is 85.1 Å². The molecule has 378 valence electrons. The SMILES string of the molecule is CC/C=C/C=C/C=C/C=C/CCCCCC(=O)OCC(COC(=O)CCCCCCCCC/C=C/CCCCCCCCCC)OC(=O)CCCCC/C=C/C=C/CCCCCCCCC. The molecule has 0 aliphatic heterocycles. The van der Waals surface area contributed by atoms with E-state index in [2.05, 4.69) is 69.4 Å². The van der Waals surface area contributed by atoms with Crippen LogP contribution < -0.4 is 0 Å². The highest BCUT2D eigenvalue weighted by molar-refractivity contribution is 5.71. The summed E-state index contributed by atoms with van der Waals surface area (Å²) in [4.78, 5) is 38.0. The van der Waals surface area contributed by atoms with Crippen molar-refractivity contribution in [1.29, 1.82) is 0 Å². The molecular weight excluding hydrogens is 817 g/mol. The molecule has 0 aromatic rings. The summed E-state index contributed by atoms with van der Waals surface area (Å²) in [6.07, 6.45) is 70.0. The van der Waals surface area contributed by atoms with Gasteiger partial charge in [-0.3, -0.25) is 14.4 Å². The lowest BCUT2D eigenvalue weighted by atomic mass is 10.1. The molecule has 0 radical (unpaired) electrons. The Labute approximate surface area is 407 Å². The van der Waals surface area contributed by atoms with Crippen LogP contribution in [-0.2, 0) is 28.6 Å². The number of allylic oxidation sites excluding steroid dienone is 14. The maximum atomic E-state index is 12.8. The van der Waals surface area contributed by atoms with Crippen molar-refractivity contribution < 1.29 is 28.6 Å². The van der Waals surface area contributed by atoms with Gasteiger partial charge in [0.05, 0.1) is 0 Å². The summed E-state index contributed by atoms with van der Waals surface area (Å²) in [6, 6.07) is 0. The quantitative estimate of drug-likeness (QED) is 0.0199. The topological polar surface area (TPSA) is 78.9 Å². The van der Waals surface area contributed by atoms with Crippen molar-refractivity contribution in [3.8, 4) is 0 Å². The highest BCUT2D eigenvalue weighted by atomic mass is 16.6. The Bertz CT molecular complexity index is 1290. The first-order chi connectivity index (χ1) is 32.5. The fourth-order valence-electron chi connectivity index (χ4n) is 7.56. The Hall–Kier alpha value is -3.41. The van der Waals surface area contributed by atoms with Crippen LogP contribution in [0.25, 0.3) is 0 Å².